The van der Waals surface area contributed by atoms with Gasteiger partial charge in [0.15, 0.2) is 0 Å². The van der Waals surface area contributed by atoms with Gasteiger partial charge in [-0.1, -0.05) is 23.7 Å². The maximum absolute atomic E-state index is 11.6. The van der Waals surface area contributed by atoms with Gasteiger partial charge in [0, 0.05) is 11.6 Å². The Bertz CT molecular complexity index is 350. The molecule has 1 aromatic carbocycles. The molecule has 0 spiro atoms. The third kappa shape index (κ3) is 2.14. The second kappa shape index (κ2) is 3.84. The van der Waals surface area contributed by atoms with Crippen molar-refractivity contribution in [3.05, 3.63) is 29.8 Å². The predicted molar refractivity (Wildman–Crippen MR) is 54.5 cm³/mol. The van der Waals surface area contributed by atoms with Crippen molar-refractivity contribution in [2.45, 2.75) is 18.9 Å². The Morgan fingerprint density at radius 3 is 2.93 bits per heavy atom. The molecular formula is C10H11BNO2. The Hall–Kier alpha value is -1.29. The van der Waals surface area contributed by atoms with Crippen LogP contribution in [0.3, 0.4) is 0 Å². The molecule has 14 heavy (non-hydrogen) atoms. The Morgan fingerprint density at radius 1 is 1.50 bits per heavy atom. The molecule has 3 nitrogen and oxygen atoms in total. The van der Waals surface area contributed by atoms with Crippen molar-refractivity contribution in [3.8, 4) is 0 Å². The SMILES string of the molecule is O=C(NC1CC1)c1cccc([B]O)c1. The van der Waals surface area contributed by atoms with Gasteiger partial charge in [0.1, 0.15) is 0 Å². The predicted octanol–water partition coefficient (Wildman–Crippen LogP) is -0.184. The number of carbonyl (C=O) groups is 1. The van der Waals surface area contributed by atoms with Gasteiger partial charge >= 0.3 is 7.48 Å². The Morgan fingerprint density at radius 2 is 2.29 bits per heavy atom. The fourth-order valence-electron chi connectivity index (χ4n) is 1.26. The quantitative estimate of drug-likeness (QED) is 0.646. The van der Waals surface area contributed by atoms with E-state index in [1.54, 1.807) is 24.3 Å². The zero-order valence-corrected chi connectivity index (χ0v) is 7.73. The van der Waals surface area contributed by atoms with Crippen LogP contribution in [0, 0.1) is 0 Å². The van der Waals surface area contributed by atoms with Gasteiger partial charge in [-0.25, -0.2) is 0 Å². The van der Waals surface area contributed by atoms with Gasteiger partial charge in [-0.3, -0.25) is 4.79 Å². The molecule has 1 aliphatic carbocycles. The van der Waals surface area contributed by atoms with Gasteiger partial charge < -0.3 is 10.3 Å². The highest BCUT2D eigenvalue weighted by molar-refractivity contribution is 6.45. The molecule has 0 aromatic heterocycles. The fourth-order valence-corrected chi connectivity index (χ4v) is 1.26. The average Bonchev–Trinajstić information content (AvgIpc) is 3.02. The molecule has 0 atom stereocenters. The lowest BCUT2D eigenvalue weighted by Gasteiger charge is -2.03. The topological polar surface area (TPSA) is 49.3 Å². The van der Waals surface area contributed by atoms with E-state index in [0.717, 1.165) is 20.3 Å². The third-order valence-corrected chi connectivity index (χ3v) is 2.21. The summed E-state index contributed by atoms with van der Waals surface area (Å²) in [7, 11) is 0.994. The number of amides is 1. The molecule has 1 saturated carbocycles. The summed E-state index contributed by atoms with van der Waals surface area (Å²) < 4.78 is 0. The van der Waals surface area contributed by atoms with Crippen LogP contribution in [0.2, 0.25) is 0 Å². The van der Waals surface area contributed by atoms with E-state index in [2.05, 4.69) is 5.32 Å². The Balaban J connectivity index is 2.09. The van der Waals surface area contributed by atoms with Gasteiger partial charge in [0.2, 0.25) is 0 Å². The highest BCUT2D eigenvalue weighted by Gasteiger charge is 2.23. The summed E-state index contributed by atoms with van der Waals surface area (Å²) >= 11 is 0. The van der Waals surface area contributed by atoms with Crippen LogP contribution in [0.4, 0.5) is 0 Å². The highest BCUT2D eigenvalue weighted by atomic mass is 16.2. The van der Waals surface area contributed by atoms with E-state index >= 15 is 0 Å². The minimum Gasteiger partial charge on any atom is -0.450 e. The molecule has 1 fully saturated rings. The number of benzene rings is 1. The van der Waals surface area contributed by atoms with Crippen LogP contribution >= 0.6 is 0 Å². The molecule has 0 aliphatic heterocycles. The molecule has 4 heteroatoms. The van der Waals surface area contributed by atoms with Crippen LogP contribution in [0.5, 0.6) is 0 Å². The van der Waals surface area contributed by atoms with E-state index in [9.17, 15) is 4.79 Å². The molecule has 1 radical (unpaired) electrons. The van der Waals surface area contributed by atoms with Crippen molar-refractivity contribution in [2.24, 2.45) is 0 Å². The molecule has 1 amide bonds. The van der Waals surface area contributed by atoms with Crippen molar-refractivity contribution in [1.29, 1.82) is 0 Å². The summed E-state index contributed by atoms with van der Waals surface area (Å²) in [5.41, 5.74) is 1.24. The summed E-state index contributed by atoms with van der Waals surface area (Å²) in [4.78, 5) is 11.6. The first-order chi connectivity index (χ1) is 6.79. The summed E-state index contributed by atoms with van der Waals surface area (Å²) in [6.45, 7) is 0. The average molecular weight is 188 g/mol. The standard InChI is InChI=1S/C10H11BNO2/c13-10(12-9-4-5-9)7-2-1-3-8(6-7)11-14/h1-3,6,9,14H,4-5H2,(H,12,13). The van der Waals surface area contributed by atoms with E-state index in [0.29, 0.717) is 17.1 Å². The second-order valence-electron chi connectivity index (χ2n) is 3.50. The van der Waals surface area contributed by atoms with Crippen LogP contribution in [0.15, 0.2) is 24.3 Å². The van der Waals surface area contributed by atoms with Gasteiger partial charge in [-0.15, -0.1) is 0 Å². The van der Waals surface area contributed by atoms with Crippen LogP contribution in [0.1, 0.15) is 23.2 Å². The van der Waals surface area contributed by atoms with Crippen molar-refractivity contribution in [3.63, 3.8) is 0 Å². The number of hydrogen-bond donors (Lipinski definition) is 2. The van der Waals surface area contributed by atoms with E-state index in [1.807, 2.05) is 0 Å². The molecule has 0 bridgehead atoms. The van der Waals surface area contributed by atoms with Gasteiger partial charge in [-0.05, 0) is 18.9 Å². The first-order valence-corrected chi connectivity index (χ1v) is 4.68. The Kier molecular flexibility index (Phi) is 2.54. The van der Waals surface area contributed by atoms with E-state index in [-0.39, 0.29) is 5.91 Å². The first kappa shape index (κ1) is 9.28. The smallest absolute Gasteiger partial charge is 0.326 e. The third-order valence-electron chi connectivity index (χ3n) is 2.21. The summed E-state index contributed by atoms with van der Waals surface area (Å²) in [5.74, 6) is -0.0591. The lowest BCUT2D eigenvalue weighted by atomic mass is 9.87. The minimum absolute atomic E-state index is 0.0591. The maximum Gasteiger partial charge on any atom is 0.326 e. The largest absolute Gasteiger partial charge is 0.450 e. The van der Waals surface area contributed by atoms with Crippen molar-refractivity contribution >= 4 is 18.9 Å². The molecule has 1 aromatic rings. The van der Waals surface area contributed by atoms with Crippen LogP contribution in [0.25, 0.3) is 0 Å². The van der Waals surface area contributed by atoms with Crippen LogP contribution in [-0.4, -0.2) is 24.5 Å². The van der Waals surface area contributed by atoms with Crippen molar-refractivity contribution in [2.75, 3.05) is 0 Å². The number of hydrogen-bond acceptors (Lipinski definition) is 2. The van der Waals surface area contributed by atoms with Gasteiger partial charge in [0.05, 0.1) is 0 Å². The molecule has 1 aliphatic rings. The van der Waals surface area contributed by atoms with E-state index < -0.39 is 0 Å². The Labute approximate surface area is 83.4 Å². The summed E-state index contributed by atoms with van der Waals surface area (Å²) in [6.07, 6.45) is 2.16. The molecule has 0 unspecified atom stereocenters. The molecule has 0 heterocycles. The van der Waals surface area contributed by atoms with Gasteiger partial charge in [-0.2, -0.15) is 0 Å². The normalized spacial score (nSPS) is 14.9. The number of rotatable bonds is 3. The lowest BCUT2D eigenvalue weighted by molar-refractivity contribution is 0.0951. The molecule has 71 valence electrons. The van der Waals surface area contributed by atoms with Crippen LogP contribution in [-0.2, 0) is 0 Å². The highest BCUT2D eigenvalue weighted by Crippen LogP contribution is 2.19. The van der Waals surface area contributed by atoms with E-state index in [4.69, 9.17) is 5.02 Å². The van der Waals surface area contributed by atoms with Crippen molar-refractivity contribution < 1.29 is 9.82 Å². The van der Waals surface area contributed by atoms with Crippen LogP contribution < -0.4 is 10.8 Å². The summed E-state index contributed by atoms with van der Waals surface area (Å²) in [5, 5.41) is 11.7. The molecular weight excluding hydrogens is 177 g/mol. The zero-order chi connectivity index (χ0) is 9.97. The lowest BCUT2D eigenvalue weighted by Crippen LogP contribution is -2.26. The molecule has 0 saturated heterocycles. The van der Waals surface area contributed by atoms with Gasteiger partial charge in [0.25, 0.3) is 5.91 Å². The maximum atomic E-state index is 11.6. The minimum atomic E-state index is -0.0591. The van der Waals surface area contributed by atoms with E-state index in [1.165, 1.54) is 0 Å². The molecule has 2 N–H and O–H groups in total. The molecule has 2 rings (SSSR count). The fraction of sp³-hybridized carbons (Fsp3) is 0.300. The zero-order valence-electron chi connectivity index (χ0n) is 7.73. The number of nitrogens with one attached hydrogen (secondary N) is 1. The number of carbonyl (C=O) groups excluding carboxylic acids is 1. The van der Waals surface area contributed by atoms with Crippen molar-refractivity contribution in [1.82, 2.24) is 5.32 Å². The summed E-state index contributed by atoms with van der Waals surface area (Å²) in [6, 6.07) is 7.27. The monoisotopic (exact) mass is 188 g/mol. The first-order valence-electron chi connectivity index (χ1n) is 4.68. The second-order valence-corrected chi connectivity index (χ2v) is 3.50.